The van der Waals surface area contributed by atoms with Crippen molar-refractivity contribution < 1.29 is 0 Å². The van der Waals surface area contributed by atoms with E-state index in [1.807, 2.05) is 35.0 Å². The van der Waals surface area contributed by atoms with Crippen LogP contribution >= 0.6 is 11.6 Å². The minimum atomic E-state index is 0.794. The molecule has 1 aromatic heterocycles. The van der Waals surface area contributed by atoms with Crippen molar-refractivity contribution in [3.8, 4) is 5.69 Å². The minimum Gasteiger partial charge on any atom is -0.369 e. The average molecular weight is 410 g/mol. The van der Waals surface area contributed by atoms with E-state index in [2.05, 4.69) is 52.4 Å². The molecule has 5 nitrogen and oxygen atoms in total. The highest BCUT2D eigenvalue weighted by molar-refractivity contribution is 6.30. The number of nitrogens with zero attached hydrogens (tertiary/aromatic N) is 4. The molecule has 1 fully saturated rings. The third kappa shape index (κ3) is 5.18. The summed E-state index contributed by atoms with van der Waals surface area (Å²) in [5.41, 5.74) is 4.61. The molecule has 0 bridgehead atoms. The van der Waals surface area contributed by atoms with Crippen LogP contribution in [0, 0.1) is 6.92 Å². The van der Waals surface area contributed by atoms with E-state index in [0.717, 1.165) is 67.9 Å². The number of rotatable bonds is 7. The van der Waals surface area contributed by atoms with Gasteiger partial charge in [-0.25, -0.2) is 4.68 Å². The van der Waals surface area contributed by atoms with Crippen molar-refractivity contribution in [3.63, 3.8) is 0 Å². The zero-order chi connectivity index (χ0) is 20.1. The van der Waals surface area contributed by atoms with Crippen LogP contribution in [0.4, 0.5) is 5.69 Å². The number of para-hydroxylation sites is 1. The SMILES string of the molecule is Cc1cc(CNCCN2CCN(c3ccc(Cl)cc3)CC2)nn1-c1ccccc1. The summed E-state index contributed by atoms with van der Waals surface area (Å²) in [5, 5.41) is 9.08. The average Bonchev–Trinajstić information content (AvgIpc) is 3.13. The van der Waals surface area contributed by atoms with Crippen LogP contribution in [0.1, 0.15) is 11.4 Å². The second-order valence-corrected chi connectivity index (χ2v) is 7.94. The summed E-state index contributed by atoms with van der Waals surface area (Å²) in [4.78, 5) is 4.95. The molecule has 0 saturated carbocycles. The molecule has 29 heavy (non-hydrogen) atoms. The van der Waals surface area contributed by atoms with Crippen LogP contribution in [0.2, 0.25) is 5.02 Å². The first-order valence-corrected chi connectivity index (χ1v) is 10.6. The quantitative estimate of drug-likeness (QED) is 0.603. The highest BCUT2D eigenvalue weighted by Gasteiger charge is 2.16. The van der Waals surface area contributed by atoms with E-state index in [4.69, 9.17) is 16.7 Å². The molecule has 1 saturated heterocycles. The Kier molecular flexibility index (Phi) is 6.49. The molecule has 2 aromatic carbocycles. The summed E-state index contributed by atoms with van der Waals surface area (Å²) in [5.74, 6) is 0. The number of hydrogen-bond acceptors (Lipinski definition) is 4. The van der Waals surface area contributed by atoms with Crippen molar-refractivity contribution in [2.45, 2.75) is 13.5 Å². The largest absolute Gasteiger partial charge is 0.369 e. The van der Waals surface area contributed by atoms with Crippen molar-refractivity contribution in [3.05, 3.63) is 77.1 Å². The number of hydrogen-bond donors (Lipinski definition) is 1. The van der Waals surface area contributed by atoms with Gasteiger partial charge in [0.1, 0.15) is 0 Å². The van der Waals surface area contributed by atoms with E-state index in [-0.39, 0.29) is 0 Å². The summed E-state index contributed by atoms with van der Waals surface area (Å²) < 4.78 is 2.01. The molecule has 1 N–H and O–H groups in total. The van der Waals surface area contributed by atoms with Gasteiger partial charge in [0, 0.05) is 62.2 Å². The van der Waals surface area contributed by atoms with Gasteiger partial charge in [0.2, 0.25) is 0 Å². The standard InChI is InChI=1S/C23H28ClN5/c1-19-17-21(26-29(19)23-5-3-2-4-6-23)18-25-11-12-27-13-15-28(16-14-27)22-9-7-20(24)8-10-22/h2-10,17,25H,11-16,18H2,1H3. The van der Waals surface area contributed by atoms with Crippen LogP contribution in [0.3, 0.4) is 0 Å². The van der Waals surface area contributed by atoms with E-state index in [0.29, 0.717) is 0 Å². The molecular formula is C23H28ClN5. The zero-order valence-corrected chi connectivity index (χ0v) is 17.6. The second kappa shape index (κ2) is 9.44. The smallest absolute Gasteiger partial charge is 0.0769 e. The Bertz CT molecular complexity index is 899. The second-order valence-electron chi connectivity index (χ2n) is 7.51. The van der Waals surface area contributed by atoms with Gasteiger partial charge in [-0.15, -0.1) is 0 Å². The van der Waals surface area contributed by atoms with Gasteiger partial charge in [-0.1, -0.05) is 29.8 Å². The lowest BCUT2D eigenvalue weighted by atomic mass is 10.2. The molecule has 152 valence electrons. The van der Waals surface area contributed by atoms with Gasteiger partial charge in [-0.3, -0.25) is 4.90 Å². The lowest BCUT2D eigenvalue weighted by molar-refractivity contribution is 0.257. The van der Waals surface area contributed by atoms with Crippen LogP contribution in [-0.4, -0.2) is 53.9 Å². The Hall–Kier alpha value is -2.34. The van der Waals surface area contributed by atoms with Crippen LogP contribution in [0.15, 0.2) is 60.7 Å². The molecule has 6 heteroatoms. The summed E-state index contributed by atoms with van der Waals surface area (Å²) >= 11 is 5.99. The van der Waals surface area contributed by atoms with E-state index in [1.54, 1.807) is 0 Å². The van der Waals surface area contributed by atoms with Gasteiger partial charge >= 0.3 is 0 Å². The Morgan fingerprint density at radius 2 is 1.66 bits per heavy atom. The van der Waals surface area contributed by atoms with Crippen LogP contribution in [0.25, 0.3) is 5.69 Å². The number of halogens is 1. The maximum Gasteiger partial charge on any atom is 0.0769 e. The van der Waals surface area contributed by atoms with Gasteiger partial charge < -0.3 is 10.2 Å². The maximum atomic E-state index is 5.99. The van der Waals surface area contributed by atoms with E-state index < -0.39 is 0 Å². The number of benzene rings is 2. The first kappa shape index (κ1) is 20.0. The van der Waals surface area contributed by atoms with Crippen LogP contribution in [0.5, 0.6) is 0 Å². The minimum absolute atomic E-state index is 0.794. The Morgan fingerprint density at radius 3 is 2.38 bits per heavy atom. The number of aryl methyl sites for hydroxylation is 1. The van der Waals surface area contributed by atoms with Gasteiger partial charge in [0.25, 0.3) is 0 Å². The molecule has 1 aliphatic heterocycles. The monoisotopic (exact) mass is 409 g/mol. The summed E-state index contributed by atoms with van der Waals surface area (Å²) in [7, 11) is 0. The predicted molar refractivity (Wildman–Crippen MR) is 120 cm³/mol. The third-order valence-electron chi connectivity index (χ3n) is 5.41. The molecule has 0 unspecified atom stereocenters. The van der Waals surface area contributed by atoms with Crippen LogP contribution < -0.4 is 10.2 Å². The number of anilines is 1. The number of aromatic nitrogens is 2. The van der Waals surface area contributed by atoms with Crippen molar-refractivity contribution >= 4 is 17.3 Å². The van der Waals surface area contributed by atoms with Crippen LogP contribution in [-0.2, 0) is 6.54 Å². The van der Waals surface area contributed by atoms with Crippen molar-refractivity contribution in [2.24, 2.45) is 0 Å². The Morgan fingerprint density at radius 1 is 0.931 bits per heavy atom. The summed E-state index contributed by atoms with van der Waals surface area (Å²) in [6, 6.07) is 20.6. The first-order chi connectivity index (χ1) is 14.2. The first-order valence-electron chi connectivity index (χ1n) is 10.2. The molecule has 1 aliphatic rings. The number of nitrogens with one attached hydrogen (secondary N) is 1. The predicted octanol–water partition coefficient (Wildman–Crippen LogP) is 3.75. The fourth-order valence-electron chi connectivity index (χ4n) is 3.79. The molecular weight excluding hydrogens is 382 g/mol. The molecule has 0 radical (unpaired) electrons. The lowest BCUT2D eigenvalue weighted by Crippen LogP contribution is -2.48. The van der Waals surface area contributed by atoms with E-state index in [1.165, 1.54) is 5.69 Å². The maximum absolute atomic E-state index is 5.99. The molecule has 3 aromatic rings. The zero-order valence-electron chi connectivity index (χ0n) is 16.9. The lowest BCUT2D eigenvalue weighted by Gasteiger charge is -2.36. The topological polar surface area (TPSA) is 36.3 Å². The molecule has 0 aliphatic carbocycles. The molecule has 2 heterocycles. The molecule has 4 rings (SSSR count). The van der Waals surface area contributed by atoms with Gasteiger partial charge in [-0.2, -0.15) is 5.10 Å². The van der Waals surface area contributed by atoms with Gasteiger partial charge in [0.15, 0.2) is 0 Å². The van der Waals surface area contributed by atoms with E-state index in [9.17, 15) is 0 Å². The van der Waals surface area contributed by atoms with E-state index >= 15 is 0 Å². The van der Waals surface area contributed by atoms with Gasteiger partial charge in [-0.05, 0) is 49.4 Å². The normalized spacial score (nSPS) is 15.0. The summed E-state index contributed by atoms with van der Waals surface area (Å²) in [6.45, 7) is 9.23. The third-order valence-corrected chi connectivity index (χ3v) is 5.67. The number of piperazine rings is 1. The molecule has 0 atom stereocenters. The van der Waals surface area contributed by atoms with Gasteiger partial charge in [0.05, 0.1) is 11.4 Å². The molecule has 0 spiro atoms. The van der Waals surface area contributed by atoms with Crippen molar-refractivity contribution in [2.75, 3.05) is 44.2 Å². The fourth-order valence-corrected chi connectivity index (χ4v) is 3.92. The summed E-state index contributed by atoms with van der Waals surface area (Å²) in [6.07, 6.45) is 0. The van der Waals surface area contributed by atoms with Crippen molar-refractivity contribution in [1.29, 1.82) is 0 Å². The molecule has 0 amide bonds. The highest BCUT2D eigenvalue weighted by Crippen LogP contribution is 2.19. The fraction of sp³-hybridized carbons (Fsp3) is 0.348. The highest BCUT2D eigenvalue weighted by atomic mass is 35.5. The Balaban J connectivity index is 1.19. The van der Waals surface area contributed by atoms with Crippen molar-refractivity contribution in [1.82, 2.24) is 20.0 Å². The Labute approximate surface area is 177 Å².